The van der Waals surface area contributed by atoms with Gasteiger partial charge in [-0.2, -0.15) is 0 Å². The van der Waals surface area contributed by atoms with Crippen molar-refractivity contribution in [1.82, 2.24) is 9.88 Å². The molecule has 0 bridgehead atoms. The largest absolute Gasteiger partial charge is 0.415 e. The van der Waals surface area contributed by atoms with Crippen molar-refractivity contribution in [3.63, 3.8) is 0 Å². The SMILES string of the molecule is CC1(C)CN(C(=O)Oc2ccccc2)CC(=Cc2cccc(N3CCCCC3)n2)C1=O. The number of rotatable bonds is 3. The number of hydrogen-bond acceptors (Lipinski definition) is 5. The smallest absolute Gasteiger partial charge is 0.410 e. The van der Waals surface area contributed by atoms with Gasteiger partial charge in [0.25, 0.3) is 0 Å². The Bertz CT molecular complexity index is 979. The number of benzene rings is 1. The van der Waals surface area contributed by atoms with Crippen LogP contribution in [0.25, 0.3) is 6.08 Å². The molecule has 0 N–H and O–H groups in total. The first-order valence-electron chi connectivity index (χ1n) is 10.9. The molecule has 0 radical (unpaired) electrons. The van der Waals surface area contributed by atoms with Crippen LogP contribution in [0, 0.1) is 5.41 Å². The average molecular weight is 420 g/mol. The number of nitrogens with zero attached hydrogens (tertiary/aromatic N) is 3. The molecule has 162 valence electrons. The maximum Gasteiger partial charge on any atom is 0.415 e. The summed E-state index contributed by atoms with van der Waals surface area (Å²) in [5.74, 6) is 1.47. The number of piperidine rings is 2. The van der Waals surface area contributed by atoms with Crippen LogP contribution in [0.1, 0.15) is 38.8 Å². The highest BCUT2D eigenvalue weighted by Gasteiger charge is 2.40. The number of carbonyl (C=O) groups is 2. The zero-order chi connectivity index (χ0) is 21.8. The zero-order valence-electron chi connectivity index (χ0n) is 18.2. The number of anilines is 1. The van der Waals surface area contributed by atoms with E-state index < -0.39 is 11.5 Å². The third-order valence-electron chi connectivity index (χ3n) is 5.82. The molecule has 6 heteroatoms. The lowest BCUT2D eigenvalue weighted by atomic mass is 9.80. The van der Waals surface area contributed by atoms with Crippen LogP contribution in [0.5, 0.6) is 5.75 Å². The van der Waals surface area contributed by atoms with Gasteiger partial charge in [0.1, 0.15) is 11.6 Å². The minimum absolute atomic E-state index is 0.0430. The molecular formula is C25H29N3O3. The minimum Gasteiger partial charge on any atom is -0.410 e. The van der Waals surface area contributed by atoms with Crippen LogP contribution in [0.4, 0.5) is 10.6 Å². The van der Waals surface area contributed by atoms with Crippen LogP contribution in [0.15, 0.2) is 54.1 Å². The Morgan fingerprint density at radius 3 is 2.52 bits per heavy atom. The predicted molar refractivity (Wildman–Crippen MR) is 121 cm³/mol. The Morgan fingerprint density at radius 2 is 1.77 bits per heavy atom. The molecule has 1 aromatic heterocycles. The number of para-hydroxylation sites is 1. The highest BCUT2D eigenvalue weighted by atomic mass is 16.6. The Hall–Kier alpha value is -3.15. The molecule has 2 fully saturated rings. The number of ketones is 1. The van der Waals surface area contributed by atoms with Gasteiger partial charge >= 0.3 is 6.09 Å². The van der Waals surface area contributed by atoms with Gasteiger partial charge in [-0.3, -0.25) is 4.79 Å². The number of carbonyl (C=O) groups excluding carboxylic acids is 2. The summed E-state index contributed by atoms with van der Waals surface area (Å²) in [5, 5.41) is 0. The molecule has 31 heavy (non-hydrogen) atoms. The third kappa shape index (κ3) is 4.95. The van der Waals surface area contributed by atoms with Gasteiger partial charge in [-0.05, 0) is 49.6 Å². The van der Waals surface area contributed by atoms with Crippen molar-refractivity contribution < 1.29 is 14.3 Å². The Kier molecular flexibility index (Phi) is 6.07. The molecule has 0 spiro atoms. The van der Waals surface area contributed by atoms with Gasteiger partial charge < -0.3 is 14.5 Å². The van der Waals surface area contributed by atoms with Gasteiger partial charge in [0.2, 0.25) is 0 Å². The second-order valence-corrected chi connectivity index (χ2v) is 8.89. The lowest BCUT2D eigenvalue weighted by Crippen LogP contribution is -2.50. The van der Waals surface area contributed by atoms with E-state index in [0.29, 0.717) is 17.9 Å². The first-order valence-corrected chi connectivity index (χ1v) is 10.9. The van der Waals surface area contributed by atoms with Crippen LogP contribution >= 0.6 is 0 Å². The first kappa shape index (κ1) is 21.1. The van der Waals surface area contributed by atoms with Gasteiger partial charge in [-0.15, -0.1) is 0 Å². The molecule has 2 aliphatic heterocycles. The van der Waals surface area contributed by atoms with Crippen molar-refractivity contribution in [3.05, 3.63) is 59.8 Å². The number of likely N-dealkylation sites (tertiary alicyclic amines) is 1. The van der Waals surface area contributed by atoms with Crippen LogP contribution in [0.2, 0.25) is 0 Å². The number of aromatic nitrogens is 1. The number of ether oxygens (including phenoxy) is 1. The van der Waals surface area contributed by atoms with Crippen LogP contribution in [0.3, 0.4) is 0 Å². The third-order valence-corrected chi connectivity index (χ3v) is 5.82. The normalized spacial score (nSPS) is 20.1. The molecule has 0 saturated carbocycles. The summed E-state index contributed by atoms with van der Waals surface area (Å²) in [7, 11) is 0. The maximum absolute atomic E-state index is 13.1. The summed E-state index contributed by atoms with van der Waals surface area (Å²) >= 11 is 0. The maximum atomic E-state index is 13.1. The van der Waals surface area contributed by atoms with E-state index in [1.165, 1.54) is 19.3 Å². The molecule has 0 unspecified atom stereocenters. The Morgan fingerprint density at radius 1 is 1.03 bits per heavy atom. The second-order valence-electron chi connectivity index (χ2n) is 8.89. The molecular weight excluding hydrogens is 390 g/mol. The summed E-state index contributed by atoms with van der Waals surface area (Å²) in [4.78, 5) is 34.5. The second kappa shape index (κ2) is 8.92. The van der Waals surface area contributed by atoms with Crippen molar-refractivity contribution >= 4 is 23.8 Å². The summed E-state index contributed by atoms with van der Waals surface area (Å²) in [6.07, 6.45) is 4.99. The van der Waals surface area contributed by atoms with Gasteiger partial charge in [-0.1, -0.05) is 38.1 Å². The lowest BCUT2D eigenvalue weighted by molar-refractivity contribution is -0.125. The molecule has 3 heterocycles. The van der Waals surface area contributed by atoms with Gasteiger partial charge in [-0.25, -0.2) is 9.78 Å². The van der Waals surface area contributed by atoms with E-state index in [0.717, 1.165) is 24.6 Å². The van der Waals surface area contributed by atoms with E-state index in [1.807, 2.05) is 56.3 Å². The fraction of sp³-hybridized carbons (Fsp3) is 0.400. The van der Waals surface area contributed by atoms with E-state index in [9.17, 15) is 9.59 Å². The summed E-state index contributed by atoms with van der Waals surface area (Å²) in [6.45, 7) is 6.28. The van der Waals surface area contributed by atoms with E-state index in [2.05, 4.69) is 4.90 Å². The monoisotopic (exact) mass is 419 g/mol. The van der Waals surface area contributed by atoms with Crippen molar-refractivity contribution in [2.75, 3.05) is 31.1 Å². The van der Waals surface area contributed by atoms with E-state index in [-0.39, 0.29) is 12.3 Å². The molecule has 2 saturated heterocycles. The van der Waals surface area contributed by atoms with Gasteiger partial charge in [0.05, 0.1) is 12.2 Å². The highest BCUT2D eigenvalue weighted by molar-refractivity contribution is 6.05. The molecule has 4 rings (SSSR count). The van der Waals surface area contributed by atoms with Crippen molar-refractivity contribution in [1.29, 1.82) is 0 Å². The zero-order valence-corrected chi connectivity index (χ0v) is 18.2. The summed E-state index contributed by atoms with van der Waals surface area (Å²) in [6, 6.07) is 14.9. The van der Waals surface area contributed by atoms with Crippen LogP contribution in [-0.4, -0.2) is 47.9 Å². The Balaban J connectivity index is 1.55. The molecule has 1 amide bonds. The number of hydrogen-bond donors (Lipinski definition) is 0. The predicted octanol–water partition coefficient (Wildman–Crippen LogP) is 4.57. The summed E-state index contributed by atoms with van der Waals surface area (Å²) in [5.41, 5.74) is 0.620. The topological polar surface area (TPSA) is 62.7 Å². The standard InChI is InChI=1S/C25H29N3O3/c1-25(2)18-28(24(30)31-21-11-5-3-6-12-21)17-19(23(25)29)16-20-10-9-13-22(26-20)27-14-7-4-8-15-27/h3,5-6,9-13,16H,4,7-8,14-15,17-18H2,1-2H3. The molecule has 2 aromatic rings. The average Bonchev–Trinajstić information content (AvgIpc) is 2.78. The molecule has 0 aliphatic carbocycles. The van der Waals surface area contributed by atoms with Crippen molar-refractivity contribution in [2.24, 2.45) is 5.41 Å². The molecule has 2 aliphatic rings. The van der Waals surface area contributed by atoms with Gasteiger partial charge in [0, 0.05) is 30.6 Å². The number of pyridine rings is 1. The number of amides is 1. The fourth-order valence-electron chi connectivity index (χ4n) is 4.21. The summed E-state index contributed by atoms with van der Waals surface area (Å²) < 4.78 is 5.51. The first-order chi connectivity index (χ1) is 14.9. The minimum atomic E-state index is -0.690. The molecule has 6 nitrogen and oxygen atoms in total. The molecule has 1 aromatic carbocycles. The van der Waals surface area contributed by atoms with Gasteiger partial charge in [0.15, 0.2) is 5.78 Å². The van der Waals surface area contributed by atoms with Crippen molar-refractivity contribution in [2.45, 2.75) is 33.1 Å². The van der Waals surface area contributed by atoms with Crippen LogP contribution < -0.4 is 9.64 Å². The van der Waals surface area contributed by atoms with E-state index >= 15 is 0 Å². The quantitative estimate of drug-likeness (QED) is 0.682. The van der Waals surface area contributed by atoms with E-state index in [4.69, 9.17) is 9.72 Å². The lowest BCUT2D eigenvalue weighted by Gasteiger charge is -2.37. The molecule has 0 atom stereocenters. The van der Waals surface area contributed by atoms with Crippen molar-refractivity contribution in [3.8, 4) is 5.75 Å². The van der Waals surface area contributed by atoms with Crippen LogP contribution in [-0.2, 0) is 4.79 Å². The fourth-order valence-corrected chi connectivity index (χ4v) is 4.21. The highest BCUT2D eigenvalue weighted by Crippen LogP contribution is 2.30. The Labute approximate surface area is 183 Å². The van der Waals surface area contributed by atoms with E-state index in [1.54, 1.807) is 17.0 Å². The number of Topliss-reactive ketones (excluding diaryl/α,β-unsaturated/α-hetero) is 1.